The number of carbonyl (C=O) groups is 4. The Balaban J connectivity index is 0.804. The quantitative estimate of drug-likeness (QED) is 0.165. The van der Waals surface area contributed by atoms with Crippen LogP contribution in [-0.2, 0) is 9.59 Å². The molecule has 50 heavy (non-hydrogen) atoms. The molecule has 1 aliphatic carbocycles. The van der Waals surface area contributed by atoms with Crippen LogP contribution in [0.4, 0.5) is 11.4 Å². The van der Waals surface area contributed by atoms with E-state index in [0.29, 0.717) is 23.7 Å². The molecule has 4 aliphatic heterocycles. The molecule has 13 nitrogen and oxygen atoms in total. The van der Waals surface area contributed by atoms with Crippen molar-refractivity contribution in [3.63, 3.8) is 0 Å². The molecule has 4 N–H and O–H groups in total. The first-order valence-corrected chi connectivity index (χ1v) is 17.5. The van der Waals surface area contributed by atoms with Crippen molar-refractivity contribution in [3.05, 3.63) is 65.6 Å². The topological polar surface area (TPSA) is 166 Å². The number of allylic oxidation sites excluding steroid dienone is 1. The molecule has 3 atom stereocenters. The minimum atomic E-state index is -0.969. The molecule has 3 aromatic rings. The van der Waals surface area contributed by atoms with E-state index in [2.05, 4.69) is 50.7 Å². The Morgan fingerprint density at radius 1 is 1.02 bits per heavy atom. The van der Waals surface area contributed by atoms with E-state index < -0.39 is 29.7 Å². The number of carbonyl (C=O) groups excluding carboxylic acids is 4. The molecule has 1 aromatic heterocycles. The summed E-state index contributed by atoms with van der Waals surface area (Å²) in [4.78, 5) is 70.2. The third kappa shape index (κ3) is 5.89. The van der Waals surface area contributed by atoms with Gasteiger partial charge >= 0.3 is 0 Å². The van der Waals surface area contributed by atoms with Crippen molar-refractivity contribution in [1.29, 1.82) is 0 Å². The van der Waals surface area contributed by atoms with Crippen LogP contribution in [0.25, 0.3) is 16.6 Å². The first-order valence-electron chi connectivity index (χ1n) is 17.5. The van der Waals surface area contributed by atoms with E-state index in [9.17, 15) is 19.2 Å². The van der Waals surface area contributed by atoms with Crippen molar-refractivity contribution in [2.75, 3.05) is 36.9 Å². The first-order chi connectivity index (χ1) is 24.2. The van der Waals surface area contributed by atoms with Gasteiger partial charge in [0.15, 0.2) is 0 Å². The van der Waals surface area contributed by atoms with Crippen molar-refractivity contribution in [1.82, 2.24) is 25.1 Å². The van der Waals surface area contributed by atoms with E-state index >= 15 is 0 Å². The summed E-state index contributed by atoms with van der Waals surface area (Å²) in [6, 6.07) is 11.9. The molecule has 2 aromatic carbocycles. The fourth-order valence-corrected chi connectivity index (χ4v) is 8.14. The van der Waals surface area contributed by atoms with Gasteiger partial charge in [-0.2, -0.15) is 0 Å². The van der Waals surface area contributed by atoms with Crippen molar-refractivity contribution >= 4 is 57.8 Å². The molecule has 4 fully saturated rings. The predicted molar refractivity (Wildman–Crippen MR) is 190 cm³/mol. The largest absolute Gasteiger partial charge is 0.404 e. The van der Waals surface area contributed by atoms with Crippen LogP contribution in [-0.4, -0.2) is 100 Å². The van der Waals surface area contributed by atoms with Gasteiger partial charge in [-0.3, -0.25) is 44.3 Å². The highest BCUT2D eigenvalue weighted by Crippen LogP contribution is 2.36. The average Bonchev–Trinajstić information content (AvgIpc) is 3.75. The number of rotatable bonds is 10. The highest BCUT2D eigenvalue weighted by atomic mass is 16.2. The maximum Gasteiger partial charge on any atom is 0.262 e. The molecular weight excluding hydrogens is 634 g/mol. The second kappa shape index (κ2) is 12.9. The van der Waals surface area contributed by atoms with Gasteiger partial charge in [0, 0.05) is 67.5 Å². The smallest absolute Gasteiger partial charge is 0.262 e. The molecule has 5 aliphatic rings. The predicted octanol–water partition coefficient (Wildman–Crippen LogP) is 2.97. The Hall–Kier alpha value is -5.17. The lowest BCUT2D eigenvalue weighted by molar-refractivity contribution is -0.136. The van der Waals surface area contributed by atoms with Gasteiger partial charge in [-0.15, -0.1) is 0 Å². The standard InChI is InChI=1S/C37H41N9O4/c1-44-19-27-14-26(44)20-45(27)25-5-7-30-31(15-25)42-32(18-41-30)22(16-38)17-40-24-11-21(12-24)3-2-10-39-23-4-6-28-29(13-23)37(50)46(36(28)49)33-8-9-34(47)43-35(33)48/h4-7,13,15-18,21,24,26-27,33,39H,2-3,8-12,14,19-20,38H2,1H3,(H,43,47,48)/t21?,24?,26?,27-,33?/m1/s1. The van der Waals surface area contributed by atoms with Gasteiger partial charge < -0.3 is 16.0 Å². The monoisotopic (exact) mass is 675 g/mol. The lowest BCUT2D eigenvalue weighted by atomic mass is 9.78. The van der Waals surface area contributed by atoms with Gasteiger partial charge in [0.2, 0.25) is 11.8 Å². The summed E-state index contributed by atoms with van der Waals surface area (Å²) in [7, 11) is 2.21. The Bertz CT molecular complexity index is 1950. The summed E-state index contributed by atoms with van der Waals surface area (Å²) >= 11 is 0. The number of hydrogen-bond donors (Lipinski definition) is 3. The van der Waals surface area contributed by atoms with E-state index in [1.807, 2.05) is 6.21 Å². The molecular formula is C37H41N9O4. The highest BCUT2D eigenvalue weighted by molar-refractivity contribution is 6.23. The number of aromatic nitrogens is 2. The van der Waals surface area contributed by atoms with Crippen LogP contribution in [0.3, 0.4) is 0 Å². The van der Waals surface area contributed by atoms with Crippen molar-refractivity contribution in [3.8, 4) is 0 Å². The van der Waals surface area contributed by atoms with Crippen LogP contribution in [0.2, 0.25) is 0 Å². The van der Waals surface area contributed by atoms with E-state index in [1.54, 1.807) is 30.6 Å². The minimum absolute atomic E-state index is 0.0932. The Labute approximate surface area is 290 Å². The SMILES string of the molecule is CN1C[C@H]2CC1CN2c1ccc2ncc(C(C=NC3CC(CCCNc4ccc5c(c4)C(=O)N(C4CCC(=O)NC4=O)C5=O)C3)=CN)nc2c1. The van der Waals surface area contributed by atoms with Crippen LogP contribution in [0, 0.1) is 5.92 Å². The number of piperidine rings is 1. The number of aliphatic imine (C=N–C) groups is 1. The second-order valence-corrected chi connectivity index (χ2v) is 14.2. The highest BCUT2D eigenvalue weighted by Gasteiger charge is 2.45. The van der Waals surface area contributed by atoms with Crippen LogP contribution < -0.4 is 21.3 Å². The number of amides is 4. The number of piperazine rings is 1. The van der Waals surface area contributed by atoms with Gasteiger partial charge in [-0.1, -0.05) is 0 Å². The Morgan fingerprint density at radius 3 is 2.62 bits per heavy atom. The fourth-order valence-electron chi connectivity index (χ4n) is 8.14. The lowest BCUT2D eigenvalue weighted by Crippen LogP contribution is -2.54. The number of likely N-dealkylation sites (N-methyl/N-ethyl adjacent to an activating group) is 1. The number of imide groups is 2. The summed E-state index contributed by atoms with van der Waals surface area (Å²) in [6.45, 7) is 2.87. The van der Waals surface area contributed by atoms with Crippen LogP contribution in [0.1, 0.15) is 71.4 Å². The van der Waals surface area contributed by atoms with E-state index in [-0.39, 0.29) is 30.0 Å². The van der Waals surface area contributed by atoms with Crippen molar-refractivity contribution < 1.29 is 19.2 Å². The molecule has 1 saturated carbocycles. The van der Waals surface area contributed by atoms with Gasteiger partial charge in [0.05, 0.1) is 40.1 Å². The summed E-state index contributed by atoms with van der Waals surface area (Å²) in [5.41, 5.74) is 11.7. The number of likely N-dealkylation sites (tertiary alicyclic amines) is 1. The summed E-state index contributed by atoms with van der Waals surface area (Å²) < 4.78 is 0. The number of nitrogens with two attached hydrogens (primary N) is 1. The number of nitrogens with zero attached hydrogens (tertiary/aromatic N) is 6. The summed E-state index contributed by atoms with van der Waals surface area (Å²) in [6.07, 6.45) is 10.6. The number of benzene rings is 2. The van der Waals surface area contributed by atoms with E-state index in [0.717, 1.165) is 72.5 Å². The zero-order valence-corrected chi connectivity index (χ0v) is 28.0. The third-order valence-corrected chi connectivity index (χ3v) is 11.0. The molecule has 5 heterocycles. The van der Waals surface area contributed by atoms with Gasteiger partial charge in [-0.05, 0) is 87.9 Å². The van der Waals surface area contributed by atoms with E-state index in [4.69, 9.17) is 15.7 Å². The number of anilines is 2. The molecule has 2 unspecified atom stereocenters. The zero-order valence-electron chi connectivity index (χ0n) is 28.0. The van der Waals surface area contributed by atoms with Crippen LogP contribution >= 0.6 is 0 Å². The van der Waals surface area contributed by atoms with Crippen molar-refractivity contribution in [2.45, 2.75) is 69.1 Å². The first kappa shape index (κ1) is 32.1. The molecule has 8 rings (SSSR count). The zero-order chi connectivity index (χ0) is 34.5. The number of hydrogen-bond acceptors (Lipinski definition) is 11. The minimum Gasteiger partial charge on any atom is -0.404 e. The lowest BCUT2D eigenvalue weighted by Gasteiger charge is -2.33. The maximum atomic E-state index is 13.1. The van der Waals surface area contributed by atoms with Crippen molar-refractivity contribution in [2.24, 2.45) is 16.6 Å². The molecule has 3 saturated heterocycles. The summed E-state index contributed by atoms with van der Waals surface area (Å²) in [5, 5.41) is 5.59. The fraction of sp³-hybridized carbons (Fsp3) is 0.432. The Morgan fingerprint density at radius 2 is 1.86 bits per heavy atom. The van der Waals surface area contributed by atoms with E-state index in [1.165, 1.54) is 12.1 Å². The molecule has 0 radical (unpaired) electrons. The van der Waals surface area contributed by atoms with Gasteiger partial charge in [0.25, 0.3) is 11.8 Å². The summed E-state index contributed by atoms with van der Waals surface area (Å²) in [5.74, 6) is -1.42. The Kier molecular flexibility index (Phi) is 8.30. The van der Waals surface area contributed by atoms with Gasteiger partial charge in [-0.25, -0.2) is 4.98 Å². The van der Waals surface area contributed by atoms with Crippen LogP contribution in [0.15, 0.2) is 53.8 Å². The third-order valence-electron chi connectivity index (χ3n) is 11.0. The number of fused-ring (bicyclic) bond motifs is 4. The number of nitrogens with one attached hydrogen (secondary N) is 2. The van der Waals surface area contributed by atoms with Gasteiger partial charge in [0.1, 0.15) is 6.04 Å². The molecule has 258 valence electrons. The molecule has 0 spiro atoms. The molecule has 13 heteroatoms. The molecule has 2 bridgehead atoms. The maximum absolute atomic E-state index is 13.1. The van der Waals surface area contributed by atoms with Crippen LogP contribution in [0.5, 0.6) is 0 Å². The second-order valence-electron chi connectivity index (χ2n) is 14.2. The normalized spacial score (nSPS) is 26.7. The average molecular weight is 676 g/mol. The molecule has 4 amide bonds.